The second-order valence-corrected chi connectivity index (χ2v) is 20.0. The summed E-state index contributed by atoms with van der Waals surface area (Å²) < 4.78 is 34.4. The van der Waals surface area contributed by atoms with Crippen molar-refractivity contribution in [2.24, 2.45) is 0 Å². The van der Waals surface area contributed by atoms with Gasteiger partial charge in [0.25, 0.3) is 0 Å². The number of esters is 2. The highest BCUT2D eigenvalue weighted by atomic mass is 31.2. The molecular weight excluding hydrogens is 834 g/mol. The Morgan fingerprint density at radius 1 is 0.492 bits per heavy atom. The van der Waals surface area contributed by atoms with Crippen LogP contribution in [-0.2, 0) is 32.7 Å². The monoisotopic (exact) mass is 933 g/mol. The summed E-state index contributed by atoms with van der Waals surface area (Å²) in [6, 6.07) is 0. The van der Waals surface area contributed by atoms with Crippen LogP contribution in [0, 0.1) is 0 Å². The van der Waals surface area contributed by atoms with Crippen molar-refractivity contribution in [3.63, 3.8) is 0 Å². The molecule has 0 aliphatic carbocycles. The predicted molar refractivity (Wildman–Crippen MR) is 275 cm³/mol. The molecule has 0 amide bonds. The number of allylic oxidation sites excluding steroid dienone is 12. The Bertz CT molecular complexity index is 1330. The molecule has 0 saturated carbocycles. The molecule has 376 valence electrons. The normalized spacial score (nSPS) is 14.0. The third-order valence-corrected chi connectivity index (χ3v) is 11.9. The van der Waals surface area contributed by atoms with E-state index in [4.69, 9.17) is 18.5 Å². The van der Waals surface area contributed by atoms with Gasteiger partial charge in [-0.1, -0.05) is 196 Å². The minimum atomic E-state index is -4.38. The summed E-state index contributed by atoms with van der Waals surface area (Å²) in [5, 5.41) is 0. The first-order chi connectivity index (χ1) is 31.5. The smallest absolute Gasteiger partial charge is 0.462 e. The molecule has 0 aliphatic rings. The highest BCUT2D eigenvalue weighted by Gasteiger charge is 2.27. The van der Waals surface area contributed by atoms with Gasteiger partial charge in [-0.05, 0) is 77.0 Å². The maximum atomic E-state index is 12.7. The number of unbranched alkanes of at least 4 members (excludes halogenated alkanes) is 21. The molecule has 0 heterocycles. The zero-order chi connectivity index (χ0) is 47.8. The summed E-state index contributed by atoms with van der Waals surface area (Å²) in [5.74, 6) is -0.811. The largest absolute Gasteiger partial charge is 0.472 e. The molecule has 2 unspecified atom stereocenters. The van der Waals surface area contributed by atoms with E-state index in [9.17, 15) is 19.0 Å². The first kappa shape index (κ1) is 62.4. The summed E-state index contributed by atoms with van der Waals surface area (Å²) in [5.41, 5.74) is 0. The lowest BCUT2D eigenvalue weighted by Crippen LogP contribution is -2.37. The fourth-order valence-electron chi connectivity index (χ4n) is 6.93. The Labute approximate surface area is 399 Å². The topological polar surface area (TPSA) is 108 Å². The Kier molecular flexibility index (Phi) is 44.7. The Hall–Kier alpha value is -2.55. The zero-order valence-electron chi connectivity index (χ0n) is 42.5. The van der Waals surface area contributed by atoms with E-state index in [0.717, 1.165) is 96.3 Å². The van der Waals surface area contributed by atoms with Crippen molar-refractivity contribution in [2.75, 3.05) is 47.5 Å². The van der Waals surface area contributed by atoms with Gasteiger partial charge in [0.1, 0.15) is 19.8 Å². The second kappa shape index (κ2) is 46.6. The van der Waals surface area contributed by atoms with Crippen LogP contribution >= 0.6 is 7.82 Å². The van der Waals surface area contributed by atoms with Gasteiger partial charge in [0.15, 0.2) is 6.10 Å². The fraction of sp³-hybridized carbons (Fsp3) is 0.745. The minimum absolute atomic E-state index is 0.0287. The Morgan fingerprint density at radius 2 is 0.877 bits per heavy atom. The highest BCUT2D eigenvalue weighted by Crippen LogP contribution is 2.43. The lowest BCUT2D eigenvalue weighted by Gasteiger charge is -2.24. The van der Waals surface area contributed by atoms with Crippen LogP contribution in [0.1, 0.15) is 213 Å². The van der Waals surface area contributed by atoms with Crippen LogP contribution in [0.2, 0.25) is 0 Å². The van der Waals surface area contributed by atoms with Crippen molar-refractivity contribution in [3.8, 4) is 0 Å². The van der Waals surface area contributed by atoms with E-state index >= 15 is 0 Å². The number of nitrogens with zero attached hydrogens (tertiary/aromatic N) is 1. The summed E-state index contributed by atoms with van der Waals surface area (Å²) >= 11 is 0. The maximum absolute atomic E-state index is 12.7. The third kappa shape index (κ3) is 50.7. The van der Waals surface area contributed by atoms with Crippen molar-refractivity contribution in [3.05, 3.63) is 72.9 Å². The molecule has 0 spiro atoms. The summed E-state index contributed by atoms with van der Waals surface area (Å²) in [4.78, 5) is 35.4. The van der Waals surface area contributed by atoms with Crippen LogP contribution in [0.15, 0.2) is 72.9 Å². The van der Waals surface area contributed by atoms with Crippen LogP contribution in [-0.4, -0.2) is 74.9 Å². The standard InChI is InChI=1S/C55H98NO8P/c1-6-8-10-12-14-16-18-19-20-21-22-23-24-25-26-27-28-29-30-31-32-33-34-35-36-37-38-40-42-44-46-48-55(58)64-53(52-63-65(59,60)62-50-49-56(3,4)5)51-61-54(57)47-45-43-41-39-17-15-13-11-9-7-2/h8,10-11,13-14,16,19-20,22-23,25-26,53H,6-7,9,12,15,17-18,21,24,27-52H2,1-5H3/p+1/b10-8-,13-11-,16-14-,20-19-,23-22-,26-25-. The van der Waals surface area contributed by atoms with E-state index in [1.54, 1.807) is 0 Å². The number of phosphoric acid groups is 1. The quantitative estimate of drug-likeness (QED) is 0.0211. The van der Waals surface area contributed by atoms with Crippen molar-refractivity contribution in [2.45, 2.75) is 219 Å². The van der Waals surface area contributed by atoms with Gasteiger partial charge in [0.2, 0.25) is 0 Å². The van der Waals surface area contributed by atoms with Crippen LogP contribution in [0.5, 0.6) is 0 Å². The van der Waals surface area contributed by atoms with E-state index < -0.39 is 26.5 Å². The van der Waals surface area contributed by atoms with Crippen molar-refractivity contribution < 1.29 is 42.1 Å². The van der Waals surface area contributed by atoms with Gasteiger partial charge < -0.3 is 18.9 Å². The van der Waals surface area contributed by atoms with Gasteiger partial charge in [0.05, 0.1) is 27.7 Å². The van der Waals surface area contributed by atoms with Crippen molar-refractivity contribution >= 4 is 19.8 Å². The molecule has 0 radical (unpaired) electrons. The Balaban J connectivity index is 4.05. The summed E-state index contributed by atoms with van der Waals surface area (Å²) in [6.45, 7) is 4.24. The van der Waals surface area contributed by atoms with Gasteiger partial charge in [0, 0.05) is 12.8 Å². The molecule has 0 aromatic rings. The van der Waals surface area contributed by atoms with E-state index in [2.05, 4.69) is 86.8 Å². The molecule has 0 fully saturated rings. The maximum Gasteiger partial charge on any atom is 0.472 e. The first-order valence-corrected chi connectivity index (χ1v) is 27.7. The van der Waals surface area contributed by atoms with Crippen LogP contribution in [0.4, 0.5) is 0 Å². The van der Waals surface area contributed by atoms with Crippen molar-refractivity contribution in [1.82, 2.24) is 0 Å². The van der Waals surface area contributed by atoms with E-state index in [1.807, 2.05) is 21.1 Å². The number of likely N-dealkylation sites (N-methyl/N-ethyl adjacent to an activating group) is 1. The van der Waals surface area contributed by atoms with E-state index in [1.165, 1.54) is 83.5 Å². The van der Waals surface area contributed by atoms with E-state index in [0.29, 0.717) is 17.4 Å². The van der Waals surface area contributed by atoms with Gasteiger partial charge in [-0.25, -0.2) is 4.57 Å². The van der Waals surface area contributed by atoms with Crippen molar-refractivity contribution in [1.29, 1.82) is 0 Å². The molecule has 2 atom stereocenters. The number of carbonyl (C=O) groups is 2. The molecule has 0 saturated heterocycles. The van der Waals surface area contributed by atoms with Crippen LogP contribution < -0.4 is 0 Å². The molecule has 9 nitrogen and oxygen atoms in total. The number of rotatable bonds is 47. The van der Waals surface area contributed by atoms with Crippen LogP contribution in [0.25, 0.3) is 0 Å². The molecule has 0 aliphatic heterocycles. The predicted octanol–water partition coefficient (Wildman–Crippen LogP) is 15.8. The third-order valence-electron chi connectivity index (χ3n) is 11.0. The molecule has 1 N–H and O–H groups in total. The van der Waals surface area contributed by atoms with Crippen LogP contribution in [0.3, 0.4) is 0 Å². The number of hydrogen-bond donors (Lipinski definition) is 1. The molecule has 65 heavy (non-hydrogen) atoms. The number of carbonyl (C=O) groups excluding carboxylic acids is 2. The molecule has 0 aromatic heterocycles. The molecule has 10 heteroatoms. The fourth-order valence-corrected chi connectivity index (χ4v) is 7.67. The summed E-state index contributed by atoms with van der Waals surface area (Å²) in [6.07, 6.45) is 59.8. The van der Waals surface area contributed by atoms with E-state index in [-0.39, 0.29) is 32.0 Å². The summed E-state index contributed by atoms with van der Waals surface area (Å²) in [7, 11) is 1.47. The minimum Gasteiger partial charge on any atom is -0.462 e. The zero-order valence-corrected chi connectivity index (χ0v) is 43.3. The molecule has 0 aromatic carbocycles. The molecule has 0 bridgehead atoms. The number of hydrogen-bond acceptors (Lipinski definition) is 7. The molecule has 0 rings (SSSR count). The second-order valence-electron chi connectivity index (χ2n) is 18.5. The lowest BCUT2D eigenvalue weighted by atomic mass is 10.0. The number of quaternary nitrogens is 1. The average molecular weight is 933 g/mol. The van der Waals surface area contributed by atoms with Gasteiger partial charge in [-0.15, -0.1) is 0 Å². The van der Waals surface area contributed by atoms with Gasteiger partial charge in [-0.3, -0.25) is 18.6 Å². The van der Waals surface area contributed by atoms with Gasteiger partial charge >= 0.3 is 19.8 Å². The highest BCUT2D eigenvalue weighted by molar-refractivity contribution is 7.47. The first-order valence-electron chi connectivity index (χ1n) is 26.2. The number of phosphoric ester groups is 1. The van der Waals surface area contributed by atoms with Gasteiger partial charge in [-0.2, -0.15) is 0 Å². The SMILES string of the molecule is CC/C=C\C/C=C\C/C=C\C/C=C\C/C=C\CCCCCCCCCCCCCCCCCC(=O)OC(COC(=O)CCCCCCC/C=C\CCC)COP(=O)(O)OCC[N+](C)(C)C. The lowest BCUT2D eigenvalue weighted by molar-refractivity contribution is -0.870. The Morgan fingerprint density at radius 3 is 1.32 bits per heavy atom. The molecular formula is C55H99NO8P+. The average Bonchev–Trinajstić information content (AvgIpc) is 3.26. The number of ether oxygens (including phenoxy) is 2.